The lowest BCUT2D eigenvalue weighted by molar-refractivity contribution is -0.138. The Morgan fingerprint density at radius 3 is 2.67 bits per heavy atom. The summed E-state index contributed by atoms with van der Waals surface area (Å²) in [6.45, 7) is 2.35. The highest BCUT2D eigenvalue weighted by molar-refractivity contribution is 5.38. The molecule has 0 spiro atoms. The van der Waals surface area contributed by atoms with E-state index >= 15 is 0 Å². The van der Waals surface area contributed by atoms with Crippen LogP contribution in [-0.2, 0) is 12.7 Å². The first-order valence-corrected chi connectivity index (χ1v) is 7.05. The Labute approximate surface area is 123 Å². The van der Waals surface area contributed by atoms with Gasteiger partial charge in [0.2, 0.25) is 0 Å². The van der Waals surface area contributed by atoms with Crippen LogP contribution in [-0.4, -0.2) is 48.1 Å². The summed E-state index contributed by atoms with van der Waals surface area (Å²) < 4.78 is 38.3. The van der Waals surface area contributed by atoms with Crippen LogP contribution < -0.4 is 0 Å². The molecule has 1 aliphatic rings. The van der Waals surface area contributed by atoms with Crippen LogP contribution in [0.1, 0.15) is 24.0 Å². The molecule has 0 saturated carbocycles. The zero-order valence-electron chi connectivity index (χ0n) is 12.3. The molecule has 1 aromatic rings. The molecule has 0 bridgehead atoms. The van der Waals surface area contributed by atoms with Crippen LogP contribution in [0.2, 0.25) is 0 Å². The Kier molecular flexibility index (Phi) is 4.78. The number of phenols is 1. The average Bonchev–Trinajstić information content (AvgIpc) is 2.76. The molecule has 2 rings (SSSR count). The van der Waals surface area contributed by atoms with Crippen LogP contribution in [0.15, 0.2) is 18.2 Å². The van der Waals surface area contributed by atoms with Gasteiger partial charge in [0.25, 0.3) is 0 Å². The number of phenolic OH excluding ortho intramolecular Hbond substituents is 1. The van der Waals surface area contributed by atoms with E-state index in [9.17, 15) is 18.3 Å². The molecule has 1 heterocycles. The average molecular weight is 302 g/mol. The number of aromatic hydroxyl groups is 1. The van der Waals surface area contributed by atoms with Crippen molar-refractivity contribution in [1.29, 1.82) is 0 Å². The van der Waals surface area contributed by atoms with Gasteiger partial charge in [0.1, 0.15) is 5.75 Å². The van der Waals surface area contributed by atoms with E-state index in [4.69, 9.17) is 0 Å². The van der Waals surface area contributed by atoms with Crippen molar-refractivity contribution in [1.82, 2.24) is 9.80 Å². The summed E-state index contributed by atoms with van der Waals surface area (Å²) >= 11 is 0. The summed E-state index contributed by atoms with van der Waals surface area (Å²) in [5, 5.41) is 9.33. The zero-order chi connectivity index (χ0) is 15.6. The topological polar surface area (TPSA) is 26.7 Å². The summed E-state index contributed by atoms with van der Waals surface area (Å²) in [7, 11) is 3.99. The fraction of sp³-hybridized carbons (Fsp3) is 0.600. The molecule has 21 heavy (non-hydrogen) atoms. The summed E-state index contributed by atoms with van der Waals surface area (Å²) in [6.07, 6.45) is -2.22. The van der Waals surface area contributed by atoms with E-state index in [2.05, 4.69) is 11.9 Å². The molecule has 1 atom stereocenters. The number of nitrogens with zero attached hydrogens (tertiary/aromatic N) is 2. The van der Waals surface area contributed by atoms with Gasteiger partial charge in [-0.15, -0.1) is 0 Å². The van der Waals surface area contributed by atoms with Gasteiger partial charge in [0, 0.05) is 19.1 Å². The highest BCUT2D eigenvalue weighted by Gasteiger charge is 2.34. The van der Waals surface area contributed by atoms with Gasteiger partial charge in [-0.2, -0.15) is 13.2 Å². The number of benzene rings is 1. The first kappa shape index (κ1) is 16.1. The third-order valence-electron chi connectivity index (χ3n) is 4.01. The molecule has 1 saturated heterocycles. The van der Waals surface area contributed by atoms with Crippen molar-refractivity contribution in [2.24, 2.45) is 0 Å². The molecule has 1 N–H and O–H groups in total. The standard InChI is InChI=1S/C15H21F3N2O/c1-19(10-12-4-3-7-20(12)2)9-11-5-6-14(21)13(8-11)15(16,17)18/h5-6,8,12,21H,3-4,7,9-10H2,1-2H3. The van der Waals surface area contributed by atoms with E-state index in [0.29, 0.717) is 18.2 Å². The maximum Gasteiger partial charge on any atom is 0.419 e. The highest BCUT2D eigenvalue weighted by atomic mass is 19.4. The number of hydrogen-bond donors (Lipinski definition) is 1. The normalized spacial score (nSPS) is 20.4. The van der Waals surface area contributed by atoms with Crippen molar-refractivity contribution in [2.75, 3.05) is 27.2 Å². The van der Waals surface area contributed by atoms with Gasteiger partial charge in [-0.25, -0.2) is 0 Å². The Balaban J connectivity index is 2.02. The monoisotopic (exact) mass is 302 g/mol. The summed E-state index contributed by atoms with van der Waals surface area (Å²) in [6, 6.07) is 4.16. The maximum absolute atomic E-state index is 12.8. The summed E-state index contributed by atoms with van der Waals surface area (Å²) in [4.78, 5) is 4.31. The van der Waals surface area contributed by atoms with Crippen LogP contribution in [0.3, 0.4) is 0 Å². The predicted octanol–water partition coefficient (Wildman–Crippen LogP) is 2.94. The zero-order valence-corrected chi connectivity index (χ0v) is 12.3. The molecule has 1 aromatic carbocycles. The third-order valence-corrected chi connectivity index (χ3v) is 4.01. The SMILES string of the molecule is CN(Cc1ccc(O)c(C(F)(F)F)c1)CC1CCCN1C. The highest BCUT2D eigenvalue weighted by Crippen LogP contribution is 2.36. The van der Waals surface area contributed by atoms with Gasteiger partial charge in [0.05, 0.1) is 5.56 Å². The molecule has 118 valence electrons. The number of hydrogen-bond acceptors (Lipinski definition) is 3. The van der Waals surface area contributed by atoms with E-state index in [1.807, 2.05) is 11.9 Å². The Morgan fingerprint density at radius 1 is 1.38 bits per heavy atom. The molecule has 1 unspecified atom stereocenters. The van der Waals surface area contributed by atoms with Crippen molar-refractivity contribution < 1.29 is 18.3 Å². The second-order valence-electron chi connectivity index (χ2n) is 5.82. The minimum Gasteiger partial charge on any atom is -0.507 e. The number of likely N-dealkylation sites (tertiary alicyclic amines) is 1. The van der Waals surface area contributed by atoms with Gasteiger partial charge in [0.15, 0.2) is 0 Å². The summed E-state index contributed by atoms with van der Waals surface area (Å²) in [5.41, 5.74) is -0.408. The van der Waals surface area contributed by atoms with Crippen molar-refractivity contribution in [3.05, 3.63) is 29.3 Å². The molecule has 0 radical (unpaired) electrons. The fourth-order valence-corrected chi connectivity index (χ4v) is 2.85. The molecule has 1 aliphatic heterocycles. The van der Waals surface area contributed by atoms with Gasteiger partial charge >= 0.3 is 6.18 Å². The number of rotatable bonds is 4. The van der Waals surface area contributed by atoms with Crippen molar-refractivity contribution in [3.8, 4) is 5.75 Å². The van der Waals surface area contributed by atoms with Crippen LogP contribution >= 0.6 is 0 Å². The van der Waals surface area contributed by atoms with E-state index in [1.165, 1.54) is 6.42 Å². The minimum absolute atomic E-state index is 0.438. The largest absolute Gasteiger partial charge is 0.507 e. The second kappa shape index (κ2) is 6.23. The van der Waals surface area contributed by atoms with Crippen molar-refractivity contribution >= 4 is 0 Å². The number of halogens is 3. The smallest absolute Gasteiger partial charge is 0.419 e. The first-order chi connectivity index (χ1) is 9.77. The Hall–Kier alpha value is -1.27. The van der Waals surface area contributed by atoms with Gasteiger partial charge < -0.3 is 14.9 Å². The maximum atomic E-state index is 12.8. The Bertz CT molecular complexity index is 490. The minimum atomic E-state index is -4.52. The molecule has 0 aliphatic carbocycles. The van der Waals surface area contributed by atoms with Crippen molar-refractivity contribution in [3.63, 3.8) is 0 Å². The van der Waals surface area contributed by atoms with Crippen LogP contribution in [0.4, 0.5) is 13.2 Å². The first-order valence-electron chi connectivity index (χ1n) is 7.05. The van der Waals surface area contributed by atoms with Crippen LogP contribution in [0.5, 0.6) is 5.75 Å². The van der Waals surface area contributed by atoms with E-state index in [0.717, 1.165) is 31.6 Å². The fourth-order valence-electron chi connectivity index (χ4n) is 2.85. The molecular weight excluding hydrogens is 281 g/mol. The van der Waals surface area contributed by atoms with E-state index < -0.39 is 17.5 Å². The third kappa shape index (κ3) is 4.11. The molecule has 0 amide bonds. The van der Waals surface area contributed by atoms with Crippen molar-refractivity contribution in [2.45, 2.75) is 31.6 Å². The molecule has 1 fully saturated rings. The van der Waals surface area contributed by atoms with Gasteiger partial charge in [-0.05, 0) is 51.2 Å². The number of likely N-dealkylation sites (N-methyl/N-ethyl adjacent to an activating group) is 2. The van der Waals surface area contributed by atoms with Gasteiger partial charge in [-0.1, -0.05) is 6.07 Å². The lowest BCUT2D eigenvalue weighted by Crippen LogP contribution is -2.36. The van der Waals surface area contributed by atoms with Gasteiger partial charge in [-0.3, -0.25) is 0 Å². The molecule has 6 heteroatoms. The summed E-state index contributed by atoms with van der Waals surface area (Å²) in [5.74, 6) is -0.718. The molecule has 0 aromatic heterocycles. The van der Waals surface area contributed by atoms with Crippen LogP contribution in [0.25, 0.3) is 0 Å². The lowest BCUT2D eigenvalue weighted by atomic mass is 10.1. The number of alkyl halides is 3. The van der Waals surface area contributed by atoms with E-state index in [1.54, 1.807) is 6.07 Å². The molecule has 3 nitrogen and oxygen atoms in total. The van der Waals surface area contributed by atoms with Crippen LogP contribution in [0, 0.1) is 0 Å². The molecular formula is C15H21F3N2O. The van der Waals surface area contributed by atoms with E-state index in [-0.39, 0.29) is 0 Å². The second-order valence-corrected chi connectivity index (χ2v) is 5.82. The quantitative estimate of drug-likeness (QED) is 0.926. The lowest BCUT2D eigenvalue weighted by Gasteiger charge is -2.26. The Morgan fingerprint density at radius 2 is 2.10 bits per heavy atom. The predicted molar refractivity (Wildman–Crippen MR) is 75.1 cm³/mol.